The number of hydrogen-bond acceptors (Lipinski definition) is 4. The fourth-order valence-corrected chi connectivity index (χ4v) is 2.65. The van der Waals surface area contributed by atoms with Crippen molar-refractivity contribution in [3.05, 3.63) is 34.4 Å². The maximum atomic E-state index is 12.7. The van der Waals surface area contributed by atoms with E-state index in [1.165, 1.54) is 12.1 Å². The zero-order valence-corrected chi connectivity index (χ0v) is 11.8. The second kappa shape index (κ2) is 5.58. The van der Waals surface area contributed by atoms with Gasteiger partial charge in [-0.25, -0.2) is 0 Å². The first-order valence-electron chi connectivity index (χ1n) is 6.73. The topological polar surface area (TPSA) is 75.5 Å². The Morgan fingerprint density at radius 2 is 2.10 bits per heavy atom. The standard InChI is InChI=1S/C14H19N3O3/c1-3-14(8-9-15-10-14)13(18)16(2)11-4-6-12(7-5-11)17(19)20/h4-7,15H,3,8-10H2,1-2H3. The lowest BCUT2D eigenvalue weighted by molar-refractivity contribution is -0.384. The molecule has 6 heteroatoms. The monoisotopic (exact) mass is 277 g/mol. The highest BCUT2D eigenvalue weighted by Gasteiger charge is 2.41. The van der Waals surface area contributed by atoms with Crippen LogP contribution in [0.5, 0.6) is 0 Å². The molecule has 20 heavy (non-hydrogen) atoms. The number of rotatable bonds is 4. The van der Waals surface area contributed by atoms with Crippen molar-refractivity contribution in [2.45, 2.75) is 19.8 Å². The Morgan fingerprint density at radius 1 is 1.45 bits per heavy atom. The molecule has 108 valence electrons. The predicted octanol–water partition coefficient (Wildman–Crippen LogP) is 1.95. The van der Waals surface area contributed by atoms with Crippen LogP contribution in [-0.2, 0) is 4.79 Å². The molecule has 1 aliphatic rings. The lowest BCUT2D eigenvalue weighted by Gasteiger charge is -2.30. The van der Waals surface area contributed by atoms with E-state index in [4.69, 9.17) is 0 Å². The minimum atomic E-state index is -0.444. The third-order valence-corrected chi connectivity index (χ3v) is 4.13. The van der Waals surface area contributed by atoms with Gasteiger partial charge in [0.1, 0.15) is 0 Å². The van der Waals surface area contributed by atoms with E-state index in [2.05, 4.69) is 5.32 Å². The van der Waals surface area contributed by atoms with E-state index >= 15 is 0 Å². The van der Waals surface area contributed by atoms with Gasteiger partial charge in [0, 0.05) is 31.4 Å². The maximum absolute atomic E-state index is 12.7. The predicted molar refractivity (Wildman–Crippen MR) is 76.7 cm³/mol. The summed E-state index contributed by atoms with van der Waals surface area (Å²) in [5, 5.41) is 13.9. The number of amides is 1. The van der Waals surface area contributed by atoms with Crippen molar-refractivity contribution >= 4 is 17.3 Å². The zero-order chi connectivity index (χ0) is 14.8. The Kier molecular flexibility index (Phi) is 4.04. The van der Waals surface area contributed by atoms with Crippen LogP contribution >= 0.6 is 0 Å². The number of hydrogen-bond donors (Lipinski definition) is 1. The van der Waals surface area contributed by atoms with E-state index in [0.29, 0.717) is 12.2 Å². The molecule has 0 spiro atoms. The summed E-state index contributed by atoms with van der Waals surface area (Å²) in [4.78, 5) is 24.5. The van der Waals surface area contributed by atoms with Gasteiger partial charge < -0.3 is 10.2 Å². The van der Waals surface area contributed by atoms with Gasteiger partial charge in [-0.05, 0) is 31.5 Å². The lowest BCUT2D eigenvalue weighted by atomic mass is 9.82. The highest BCUT2D eigenvalue weighted by Crippen LogP contribution is 2.33. The van der Waals surface area contributed by atoms with Crippen LogP contribution in [0.15, 0.2) is 24.3 Å². The van der Waals surface area contributed by atoms with Crippen LogP contribution < -0.4 is 10.2 Å². The molecule has 1 saturated heterocycles. The smallest absolute Gasteiger partial charge is 0.269 e. The number of carbonyl (C=O) groups is 1. The van der Waals surface area contributed by atoms with Crippen LogP contribution in [-0.4, -0.2) is 31.0 Å². The van der Waals surface area contributed by atoms with Gasteiger partial charge in [0.15, 0.2) is 0 Å². The van der Waals surface area contributed by atoms with E-state index in [1.807, 2.05) is 6.92 Å². The molecule has 1 amide bonds. The fraction of sp³-hybridized carbons (Fsp3) is 0.500. The quantitative estimate of drug-likeness (QED) is 0.674. The summed E-state index contributed by atoms with van der Waals surface area (Å²) in [6, 6.07) is 6.07. The largest absolute Gasteiger partial charge is 0.316 e. The molecular formula is C14H19N3O3. The van der Waals surface area contributed by atoms with E-state index in [0.717, 1.165) is 19.4 Å². The number of benzene rings is 1. The molecule has 6 nitrogen and oxygen atoms in total. The molecule has 0 aromatic heterocycles. The summed E-state index contributed by atoms with van der Waals surface area (Å²) in [5.41, 5.74) is 0.360. The molecule has 1 aliphatic heterocycles. The van der Waals surface area contributed by atoms with Crippen molar-refractivity contribution in [2.75, 3.05) is 25.0 Å². The number of nitrogens with one attached hydrogen (secondary N) is 1. The van der Waals surface area contributed by atoms with E-state index in [1.54, 1.807) is 24.1 Å². The van der Waals surface area contributed by atoms with Gasteiger partial charge in [-0.15, -0.1) is 0 Å². The Morgan fingerprint density at radius 3 is 2.55 bits per heavy atom. The van der Waals surface area contributed by atoms with Crippen LogP contribution in [0.25, 0.3) is 0 Å². The molecular weight excluding hydrogens is 258 g/mol. The third kappa shape index (κ3) is 2.51. The fourth-order valence-electron chi connectivity index (χ4n) is 2.65. The molecule has 1 N–H and O–H groups in total. The Hall–Kier alpha value is -1.95. The van der Waals surface area contributed by atoms with Crippen LogP contribution in [0.2, 0.25) is 0 Å². The maximum Gasteiger partial charge on any atom is 0.269 e. The number of nitro groups is 1. The molecule has 1 unspecified atom stereocenters. The van der Waals surface area contributed by atoms with Gasteiger partial charge >= 0.3 is 0 Å². The highest BCUT2D eigenvalue weighted by molar-refractivity contribution is 5.97. The molecule has 1 fully saturated rings. The van der Waals surface area contributed by atoms with Crippen molar-refractivity contribution in [3.63, 3.8) is 0 Å². The number of nitrogens with zero attached hydrogens (tertiary/aromatic N) is 2. The second-order valence-corrected chi connectivity index (χ2v) is 5.20. The first kappa shape index (κ1) is 14.5. The van der Waals surface area contributed by atoms with E-state index < -0.39 is 4.92 Å². The van der Waals surface area contributed by atoms with Crippen molar-refractivity contribution in [1.82, 2.24) is 5.32 Å². The summed E-state index contributed by atoms with van der Waals surface area (Å²) in [6.07, 6.45) is 1.62. The Bertz CT molecular complexity index is 507. The lowest BCUT2D eigenvalue weighted by Crippen LogP contribution is -2.43. The van der Waals surface area contributed by atoms with Crippen molar-refractivity contribution < 1.29 is 9.72 Å². The molecule has 1 atom stereocenters. The third-order valence-electron chi connectivity index (χ3n) is 4.13. The zero-order valence-electron chi connectivity index (χ0n) is 11.8. The van der Waals surface area contributed by atoms with E-state index in [-0.39, 0.29) is 17.0 Å². The summed E-state index contributed by atoms with van der Waals surface area (Å²) < 4.78 is 0. The van der Waals surface area contributed by atoms with Gasteiger partial charge in [-0.2, -0.15) is 0 Å². The minimum absolute atomic E-state index is 0.0299. The number of nitro benzene ring substituents is 1. The van der Waals surface area contributed by atoms with Crippen molar-refractivity contribution in [2.24, 2.45) is 5.41 Å². The van der Waals surface area contributed by atoms with Gasteiger partial charge in [0.2, 0.25) is 5.91 Å². The molecule has 0 aliphatic carbocycles. The van der Waals surface area contributed by atoms with Crippen LogP contribution in [0, 0.1) is 15.5 Å². The first-order chi connectivity index (χ1) is 9.50. The van der Waals surface area contributed by atoms with Gasteiger partial charge in [-0.1, -0.05) is 6.92 Å². The number of carbonyl (C=O) groups excluding carboxylic acids is 1. The average molecular weight is 277 g/mol. The van der Waals surface area contributed by atoms with Gasteiger partial charge in [0.25, 0.3) is 5.69 Å². The molecule has 0 radical (unpaired) electrons. The summed E-state index contributed by atoms with van der Waals surface area (Å²) in [6.45, 7) is 3.57. The number of non-ortho nitro benzene ring substituents is 1. The molecule has 1 aromatic rings. The van der Waals surface area contributed by atoms with Gasteiger partial charge in [0.05, 0.1) is 10.3 Å². The van der Waals surface area contributed by atoms with Gasteiger partial charge in [-0.3, -0.25) is 14.9 Å². The van der Waals surface area contributed by atoms with Crippen LogP contribution in [0.3, 0.4) is 0 Å². The highest BCUT2D eigenvalue weighted by atomic mass is 16.6. The molecule has 2 rings (SSSR count). The molecule has 0 bridgehead atoms. The normalized spacial score (nSPS) is 21.7. The Labute approximate surface area is 117 Å². The van der Waals surface area contributed by atoms with Crippen LogP contribution in [0.1, 0.15) is 19.8 Å². The number of anilines is 1. The van der Waals surface area contributed by atoms with Crippen molar-refractivity contribution in [1.29, 1.82) is 0 Å². The first-order valence-corrected chi connectivity index (χ1v) is 6.73. The molecule has 0 saturated carbocycles. The SMILES string of the molecule is CCC1(C(=O)N(C)c2ccc([N+](=O)[O-])cc2)CCNC1. The summed E-state index contributed by atoms with van der Waals surface area (Å²) >= 11 is 0. The van der Waals surface area contributed by atoms with Crippen molar-refractivity contribution in [3.8, 4) is 0 Å². The van der Waals surface area contributed by atoms with Crippen LogP contribution in [0.4, 0.5) is 11.4 Å². The molecule has 1 aromatic carbocycles. The van der Waals surface area contributed by atoms with E-state index in [9.17, 15) is 14.9 Å². The Balaban J connectivity index is 2.19. The second-order valence-electron chi connectivity index (χ2n) is 5.20. The molecule has 1 heterocycles. The average Bonchev–Trinajstić information content (AvgIpc) is 2.96. The minimum Gasteiger partial charge on any atom is -0.316 e. The summed E-state index contributed by atoms with van der Waals surface area (Å²) in [7, 11) is 1.72. The summed E-state index contributed by atoms with van der Waals surface area (Å²) in [5.74, 6) is 0.0684.